The zero-order chi connectivity index (χ0) is 23.6. The molecule has 0 aliphatic rings. The van der Waals surface area contributed by atoms with E-state index in [9.17, 15) is 0 Å². The summed E-state index contributed by atoms with van der Waals surface area (Å²) in [5.41, 5.74) is 3.75. The molecule has 0 unspecified atom stereocenters. The largest absolute Gasteiger partial charge is 0.371 e. The van der Waals surface area contributed by atoms with Crippen LogP contribution in [0.25, 0.3) is 0 Å². The Labute approximate surface area is 217 Å². The summed E-state index contributed by atoms with van der Waals surface area (Å²) in [4.78, 5) is 0. The van der Waals surface area contributed by atoms with Crippen molar-refractivity contribution in [1.82, 2.24) is 0 Å². The van der Waals surface area contributed by atoms with Crippen molar-refractivity contribution in [3.05, 3.63) is 144 Å². The van der Waals surface area contributed by atoms with Gasteiger partial charge < -0.3 is 9.47 Å². The van der Waals surface area contributed by atoms with E-state index in [1.165, 1.54) is 5.56 Å². The van der Waals surface area contributed by atoms with Gasteiger partial charge in [0.15, 0.2) is 0 Å². The molecule has 0 aromatic heterocycles. The lowest BCUT2D eigenvalue weighted by Crippen LogP contribution is -2.41. The molecule has 0 fully saturated rings. The van der Waals surface area contributed by atoms with E-state index in [0.29, 0.717) is 6.61 Å². The van der Waals surface area contributed by atoms with Gasteiger partial charge in [0.1, 0.15) is 5.60 Å². The van der Waals surface area contributed by atoms with Gasteiger partial charge in [0.2, 0.25) is 0 Å². The summed E-state index contributed by atoms with van der Waals surface area (Å²) in [7, 11) is 0. The van der Waals surface area contributed by atoms with Crippen LogP contribution in [-0.4, -0.2) is 16.6 Å². The van der Waals surface area contributed by atoms with Crippen molar-refractivity contribution >= 4 is 22.6 Å². The molecular formula is C31H31IO2. The van der Waals surface area contributed by atoms with Crippen molar-refractivity contribution in [2.24, 2.45) is 0 Å². The van der Waals surface area contributed by atoms with Crippen LogP contribution in [0.1, 0.15) is 35.6 Å². The number of alkyl halides is 1. The Morgan fingerprint density at radius 1 is 0.647 bits per heavy atom. The predicted molar refractivity (Wildman–Crippen MR) is 148 cm³/mol. The molecule has 4 aromatic rings. The second-order valence-electron chi connectivity index (χ2n) is 8.41. The minimum absolute atomic E-state index is 0.0346. The first-order valence-electron chi connectivity index (χ1n) is 11.8. The van der Waals surface area contributed by atoms with Gasteiger partial charge in [0.25, 0.3) is 0 Å². The molecule has 34 heavy (non-hydrogen) atoms. The first-order chi connectivity index (χ1) is 16.7. The molecule has 0 heterocycles. The molecule has 0 radical (unpaired) electrons. The van der Waals surface area contributed by atoms with E-state index < -0.39 is 5.60 Å². The Morgan fingerprint density at radius 2 is 1.06 bits per heavy atom. The highest BCUT2D eigenvalue weighted by Crippen LogP contribution is 2.42. The second kappa shape index (κ2) is 12.3. The normalized spacial score (nSPS) is 13.4. The van der Waals surface area contributed by atoms with Crippen molar-refractivity contribution in [3.8, 4) is 0 Å². The number of ether oxygens (including phenoxy) is 2. The van der Waals surface area contributed by atoms with Crippen molar-refractivity contribution < 1.29 is 9.47 Å². The highest BCUT2D eigenvalue weighted by Gasteiger charge is 2.40. The lowest BCUT2D eigenvalue weighted by atomic mass is 9.79. The maximum atomic E-state index is 7.17. The molecule has 0 aliphatic heterocycles. The number of halogens is 1. The molecule has 4 rings (SSSR count). The number of hydrogen-bond acceptors (Lipinski definition) is 2. The highest BCUT2D eigenvalue weighted by molar-refractivity contribution is 14.1. The number of hydrogen-bond donors (Lipinski definition) is 0. The van der Waals surface area contributed by atoms with Gasteiger partial charge in [-0.1, -0.05) is 144 Å². The van der Waals surface area contributed by atoms with Gasteiger partial charge in [-0.25, -0.2) is 0 Å². The lowest BCUT2D eigenvalue weighted by Gasteiger charge is -2.40. The minimum Gasteiger partial charge on any atom is -0.371 e. The standard InChI is InChI=1S/C31H31IO2/c1-25(30(22-23-32)33-24-26-14-6-2-7-15-26)34-31(27-16-8-3-9-17-27,28-18-10-4-11-19-28)29-20-12-5-13-21-29/h2-21,25,30H,22-24H2,1H3/t25-,30+/m0/s1. The Morgan fingerprint density at radius 3 is 1.47 bits per heavy atom. The van der Waals surface area contributed by atoms with Crippen LogP contribution < -0.4 is 0 Å². The Bertz CT molecular complexity index is 1000. The molecule has 0 N–H and O–H groups in total. The van der Waals surface area contributed by atoms with Crippen molar-refractivity contribution in [3.63, 3.8) is 0 Å². The molecule has 2 nitrogen and oxygen atoms in total. The smallest absolute Gasteiger partial charge is 0.144 e. The number of benzene rings is 4. The average Bonchev–Trinajstić information content (AvgIpc) is 2.91. The molecule has 174 valence electrons. The average molecular weight is 562 g/mol. The molecule has 0 saturated carbocycles. The van der Waals surface area contributed by atoms with Crippen LogP contribution >= 0.6 is 22.6 Å². The quantitative estimate of drug-likeness (QED) is 0.106. The van der Waals surface area contributed by atoms with Gasteiger partial charge in [-0.05, 0) is 35.6 Å². The molecule has 0 bridgehead atoms. The van der Waals surface area contributed by atoms with E-state index in [0.717, 1.165) is 27.5 Å². The summed E-state index contributed by atoms with van der Waals surface area (Å²) in [6, 6.07) is 41.9. The Balaban J connectivity index is 1.74. The first-order valence-corrected chi connectivity index (χ1v) is 13.3. The monoisotopic (exact) mass is 562 g/mol. The van der Waals surface area contributed by atoms with Crippen molar-refractivity contribution in [2.75, 3.05) is 4.43 Å². The van der Waals surface area contributed by atoms with Crippen molar-refractivity contribution in [1.29, 1.82) is 0 Å². The lowest BCUT2D eigenvalue weighted by molar-refractivity contribution is -0.119. The summed E-state index contributed by atoms with van der Waals surface area (Å²) in [5.74, 6) is 0. The molecule has 0 spiro atoms. The Kier molecular flexibility index (Phi) is 8.91. The maximum Gasteiger partial charge on any atom is 0.144 e. The van der Waals surface area contributed by atoms with E-state index in [1.54, 1.807) is 0 Å². The van der Waals surface area contributed by atoms with Gasteiger partial charge in [-0.3, -0.25) is 0 Å². The molecule has 3 heteroatoms. The third kappa shape index (κ3) is 5.77. The van der Waals surface area contributed by atoms with Crippen LogP contribution in [0, 0.1) is 0 Å². The third-order valence-electron chi connectivity index (χ3n) is 6.13. The summed E-state index contributed by atoms with van der Waals surface area (Å²) in [6.07, 6.45) is 0.745. The van der Waals surface area contributed by atoms with Crippen LogP contribution in [0.3, 0.4) is 0 Å². The molecular weight excluding hydrogens is 531 g/mol. The Hall–Kier alpha value is -2.47. The molecule has 0 amide bonds. The van der Waals surface area contributed by atoms with Crippen LogP contribution in [-0.2, 0) is 21.7 Å². The first kappa shape index (κ1) is 24.6. The SMILES string of the molecule is C[C@H](OC(c1ccccc1)(c1ccccc1)c1ccccc1)[C@@H](CCI)OCc1ccccc1. The van der Waals surface area contributed by atoms with E-state index in [-0.39, 0.29) is 12.2 Å². The summed E-state index contributed by atoms with van der Waals surface area (Å²) >= 11 is 2.43. The van der Waals surface area contributed by atoms with Crippen molar-refractivity contribution in [2.45, 2.75) is 37.8 Å². The molecule has 0 aliphatic carbocycles. The molecule has 0 saturated heterocycles. The maximum absolute atomic E-state index is 7.17. The molecule has 4 aromatic carbocycles. The van der Waals surface area contributed by atoms with Gasteiger partial charge >= 0.3 is 0 Å². The summed E-state index contributed by atoms with van der Waals surface area (Å²) < 4.78 is 14.6. The topological polar surface area (TPSA) is 18.5 Å². The van der Waals surface area contributed by atoms with E-state index >= 15 is 0 Å². The minimum atomic E-state index is -0.747. The van der Waals surface area contributed by atoms with E-state index in [2.05, 4.69) is 145 Å². The van der Waals surface area contributed by atoms with Crippen LogP contribution in [0.5, 0.6) is 0 Å². The fraction of sp³-hybridized carbons (Fsp3) is 0.226. The predicted octanol–water partition coefficient (Wildman–Crippen LogP) is 7.79. The number of rotatable bonds is 11. The van der Waals surface area contributed by atoms with Gasteiger partial charge in [0, 0.05) is 4.43 Å². The van der Waals surface area contributed by atoms with E-state index in [4.69, 9.17) is 9.47 Å². The van der Waals surface area contributed by atoms with Crippen LogP contribution in [0.4, 0.5) is 0 Å². The third-order valence-corrected chi connectivity index (χ3v) is 6.75. The highest BCUT2D eigenvalue weighted by atomic mass is 127. The van der Waals surface area contributed by atoms with Gasteiger partial charge in [-0.15, -0.1) is 0 Å². The van der Waals surface area contributed by atoms with Crippen LogP contribution in [0.15, 0.2) is 121 Å². The fourth-order valence-corrected chi connectivity index (χ4v) is 5.03. The summed E-state index contributed by atoms with van der Waals surface area (Å²) in [6.45, 7) is 2.72. The summed E-state index contributed by atoms with van der Waals surface area (Å²) in [5, 5.41) is 0. The van der Waals surface area contributed by atoms with Crippen LogP contribution in [0.2, 0.25) is 0 Å². The fourth-order valence-electron chi connectivity index (χ4n) is 4.42. The zero-order valence-electron chi connectivity index (χ0n) is 19.5. The van der Waals surface area contributed by atoms with Gasteiger partial charge in [-0.2, -0.15) is 0 Å². The van der Waals surface area contributed by atoms with E-state index in [1.807, 2.05) is 6.07 Å². The second-order valence-corrected chi connectivity index (χ2v) is 9.49. The zero-order valence-corrected chi connectivity index (χ0v) is 21.7. The van der Waals surface area contributed by atoms with Gasteiger partial charge in [0.05, 0.1) is 18.8 Å². The molecule has 2 atom stereocenters.